The lowest BCUT2D eigenvalue weighted by Gasteiger charge is -1.99. The molecule has 2 N–H and O–H groups in total. The molecule has 0 saturated carbocycles. The number of rotatable bonds is 1. The Kier molecular flexibility index (Phi) is 2.53. The van der Waals surface area contributed by atoms with Crippen molar-refractivity contribution in [2.45, 2.75) is 6.92 Å². The van der Waals surface area contributed by atoms with Crippen molar-refractivity contribution in [3.63, 3.8) is 0 Å². The van der Waals surface area contributed by atoms with Gasteiger partial charge in [0.2, 0.25) is 0 Å². The molecule has 18 heavy (non-hydrogen) atoms. The van der Waals surface area contributed by atoms with Gasteiger partial charge >= 0.3 is 0 Å². The normalized spacial score (nSPS) is 11.3. The number of aryl methyl sites for hydroxylation is 2. The van der Waals surface area contributed by atoms with Gasteiger partial charge in [-0.05, 0) is 25.1 Å². The summed E-state index contributed by atoms with van der Waals surface area (Å²) in [6.07, 6.45) is 0. The molecule has 0 spiro atoms. The van der Waals surface area contributed by atoms with E-state index in [1.54, 1.807) is 0 Å². The summed E-state index contributed by atoms with van der Waals surface area (Å²) < 4.78 is 2.03. The second-order valence-electron chi connectivity index (χ2n) is 4.09. The number of imidazole rings is 1. The maximum absolute atomic E-state index is 5.98. The van der Waals surface area contributed by atoms with Gasteiger partial charge in [-0.2, -0.15) is 0 Å². The number of benzene rings is 1. The molecule has 2 heterocycles. The van der Waals surface area contributed by atoms with E-state index < -0.39 is 0 Å². The molecule has 4 nitrogen and oxygen atoms in total. The van der Waals surface area contributed by atoms with Gasteiger partial charge in [0.15, 0.2) is 11.0 Å². The second kappa shape index (κ2) is 3.96. The van der Waals surface area contributed by atoms with Crippen molar-refractivity contribution >= 4 is 39.1 Å². The van der Waals surface area contributed by atoms with Crippen molar-refractivity contribution in [1.82, 2.24) is 14.5 Å². The van der Waals surface area contributed by atoms with Gasteiger partial charge < -0.3 is 10.3 Å². The first-order chi connectivity index (χ1) is 8.56. The van der Waals surface area contributed by atoms with Crippen molar-refractivity contribution in [2.75, 3.05) is 5.73 Å². The molecule has 0 unspecified atom stereocenters. The molecule has 0 bridgehead atoms. The number of thiazole rings is 1. The third-order valence-electron chi connectivity index (χ3n) is 2.86. The summed E-state index contributed by atoms with van der Waals surface area (Å²) in [7, 11) is 1.98. The Morgan fingerprint density at radius 2 is 2.11 bits per heavy atom. The molecule has 0 aliphatic carbocycles. The van der Waals surface area contributed by atoms with Crippen molar-refractivity contribution < 1.29 is 0 Å². The van der Waals surface area contributed by atoms with E-state index in [-0.39, 0.29) is 0 Å². The van der Waals surface area contributed by atoms with Crippen molar-refractivity contribution in [3.05, 3.63) is 28.9 Å². The summed E-state index contributed by atoms with van der Waals surface area (Å²) in [6.45, 7) is 1.94. The highest BCUT2D eigenvalue weighted by Crippen LogP contribution is 2.32. The molecular weight excluding hydrogens is 268 g/mol. The van der Waals surface area contributed by atoms with Crippen LogP contribution in [0.25, 0.3) is 21.7 Å². The highest BCUT2D eigenvalue weighted by Gasteiger charge is 2.15. The highest BCUT2D eigenvalue weighted by molar-refractivity contribution is 7.18. The monoisotopic (exact) mass is 278 g/mol. The van der Waals surface area contributed by atoms with Crippen LogP contribution < -0.4 is 5.73 Å². The molecule has 0 amide bonds. The minimum Gasteiger partial charge on any atom is -0.375 e. The Labute approximate surface area is 113 Å². The molecule has 3 aromatic rings. The molecule has 0 aliphatic heterocycles. The number of halogens is 1. The molecule has 0 radical (unpaired) electrons. The zero-order valence-electron chi connectivity index (χ0n) is 9.94. The maximum atomic E-state index is 5.98. The first-order valence-corrected chi connectivity index (χ1v) is 6.61. The lowest BCUT2D eigenvalue weighted by Crippen LogP contribution is -1.91. The van der Waals surface area contributed by atoms with Crippen LogP contribution in [0.3, 0.4) is 0 Å². The van der Waals surface area contributed by atoms with Gasteiger partial charge in [0.25, 0.3) is 0 Å². The lowest BCUT2D eigenvalue weighted by molar-refractivity contribution is 0.960. The third kappa shape index (κ3) is 1.67. The zero-order chi connectivity index (χ0) is 12.9. The van der Waals surface area contributed by atoms with Crippen molar-refractivity contribution in [3.8, 4) is 10.7 Å². The standard InChI is InChI=1S/C12H11ClN4S/c1-6-10(18-12(14)15-6)11-16-8-5-7(13)3-4-9(8)17(11)2/h3-5H,1-2H3,(H2,14,15). The van der Waals surface area contributed by atoms with Crippen LogP contribution in [-0.2, 0) is 7.05 Å². The van der Waals surface area contributed by atoms with Crippen LogP contribution in [-0.4, -0.2) is 14.5 Å². The van der Waals surface area contributed by atoms with E-state index in [0.717, 1.165) is 27.4 Å². The minimum atomic E-state index is 0.563. The number of fused-ring (bicyclic) bond motifs is 1. The fraction of sp³-hybridized carbons (Fsp3) is 0.167. The summed E-state index contributed by atoms with van der Waals surface area (Å²) in [5.74, 6) is 0.874. The SMILES string of the molecule is Cc1nc(N)sc1-c1nc2cc(Cl)ccc2n1C. The summed E-state index contributed by atoms with van der Waals surface area (Å²) in [6, 6.07) is 5.69. The van der Waals surface area contributed by atoms with Crippen LogP contribution in [0.2, 0.25) is 5.02 Å². The van der Waals surface area contributed by atoms with Crippen LogP contribution in [0.15, 0.2) is 18.2 Å². The predicted octanol–water partition coefficient (Wildman–Crippen LogP) is 3.24. The molecule has 92 valence electrons. The molecule has 0 atom stereocenters. The smallest absolute Gasteiger partial charge is 0.180 e. The summed E-state index contributed by atoms with van der Waals surface area (Å²) in [5.41, 5.74) is 8.56. The van der Waals surface area contributed by atoms with E-state index >= 15 is 0 Å². The number of hydrogen-bond acceptors (Lipinski definition) is 4. The summed E-state index contributed by atoms with van der Waals surface area (Å²) in [4.78, 5) is 9.85. The van der Waals surface area contributed by atoms with Gasteiger partial charge in [0, 0.05) is 12.1 Å². The quantitative estimate of drug-likeness (QED) is 0.743. The number of aromatic nitrogens is 3. The average molecular weight is 279 g/mol. The van der Waals surface area contributed by atoms with Gasteiger partial charge in [-0.1, -0.05) is 22.9 Å². The van der Waals surface area contributed by atoms with Crippen LogP contribution in [0.5, 0.6) is 0 Å². The van der Waals surface area contributed by atoms with Crippen LogP contribution in [0.4, 0.5) is 5.13 Å². The Morgan fingerprint density at radius 3 is 2.78 bits per heavy atom. The molecule has 1 aromatic carbocycles. The number of hydrogen-bond donors (Lipinski definition) is 1. The van der Waals surface area contributed by atoms with E-state index in [0.29, 0.717) is 10.2 Å². The topological polar surface area (TPSA) is 56.7 Å². The highest BCUT2D eigenvalue weighted by atomic mass is 35.5. The molecule has 0 saturated heterocycles. The van der Waals surface area contributed by atoms with Gasteiger partial charge in [-0.15, -0.1) is 0 Å². The Balaban J connectivity index is 2.30. The van der Waals surface area contributed by atoms with E-state index in [1.807, 2.05) is 36.7 Å². The molecular formula is C12H11ClN4S. The Hall–Kier alpha value is -1.59. The Bertz CT molecular complexity index is 744. The van der Waals surface area contributed by atoms with Crippen LogP contribution in [0, 0.1) is 6.92 Å². The first-order valence-electron chi connectivity index (χ1n) is 5.41. The fourth-order valence-electron chi connectivity index (χ4n) is 2.00. The maximum Gasteiger partial charge on any atom is 0.180 e. The Morgan fingerprint density at radius 1 is 1.33 bits per heavy atom. The summed E-state index contributed by atoms with van der Waals surface area (Å²) >= 11 is 7.43. The van der Waals surface area contributed by atoms with E-state index in [2.05, 4.69) is 9.97 Å². The predicted molar refractivity (Wildman–Crippen MR) is 76.0 cm³/mol. The van der Waals surface area contributed by atoms with Crippen molar-refractivity contribution in [1.29, 1.82) is 0 Å². The molecule has 0 fully saturated rings. The van der Waals surface area contributed by atoms with Crippen LogP contribution >= 0.6 is 22.9 Å². The number of nitrogens with zero attached hydrogens (tertiary/aromatic N) is 3. The van der Waals surface area contributed by atoms with Gasteiger partial charge in [0.1, 0.15) is 0 Å². The van der Waals surface area contributed by atoms with E-state index in [1.165, 1.54) is 11.3 Å². The molecule has 2 aromatic heterocycles. The first kappa shape index (κ1) is 11.5. The van der Waals surface area contributed by atoms with Gasteiger partial charge in [0.05, 0.1) is 21.6 Å². The van der Waals surface area contributed by atoms with Gasteiger partial charge in [-0.3, -0.25) is 0 Å². The minimum absolute atomic E-state index is 0.563. The molecule has 6 heteroatoms. The number of nitrogens with two attached hydrogens (primary N) is 1. The van der Waals surface area contributed by atoms with Gasteiger partial charge in [-0.25, -0.2) is 9.97 Å². The lowest BCUT2D eigenvalue weighted by atomic mass is 10.3. The average Bonchev–Trinajstić information content (AvgIpc) is 2.79. The number of anilines is 1. The van der Waals surface area contributed by atoms with E-state index in [4.69, 9.17) is 17.3 Å². The third-order valence-corrected chi connectivity index (χ3v) is 4.08. The molecule has 0 aliphatic rings. The van der Waals surface area contributed by atoms with Crippen molar-refractivity contribution in [2.24, 2.45) is 7.05 Å². The van der Waals surface area contributed by atoms with Crippen LogP contribution in [0.1, 0.15) is 5.69 Å². The zero-order valence-corrected chi connectivity index (χ0v) is 11.5. The van der Waals surface area contributed by atoms with E-state index in [9.17, 15) is 0 Å². The largest absolute Gasteiger partial charge is 0.375 e. The number of nitrogen functional groups attached to an aromatic ring is 1. The second-order valence-corrected chi connectivity index (χ2v) is 5.56. The molecule has 3 rings (SSSR count). The fourth-order valence-corrected chi connectivity index (χ4v) is 3.03. The summed E-state index contributed by atoms with van der Waals surface area (Å²) in [5, 5.41) is 1.25.